The first-order valence-corrected chi connectivity index (χ1v) is 18.6. The number of carbonyl (C=O) groups is 1. The van der Waals surface area contributed by atoms with Crippen molar-refractivity contribution in [3.05, 3.63) is 12.2 Å². The summed E-state index contributed by atoms with van der Waals surface area (Å²) in [6, 6.07) is 0. The van der Waals surface area contributed by atoms with E-state index < -0.39 is 0 Å². The summed E-state index contributed by atoms with van der Waals surface area (Å²) < 4.78 is 5.44. The fraction of sp³-hybridized carbons (Fsp3) is 0.921. The van der Waals surface area contributed by atoms with Gasteiger partial charge < -0.3 is 4.74 Å². The molecule has 0 aliphatic heterocycles. The topological polar surface area (TPSA) is 26.3 Å². The first-order chi connectivity index (χ1) is 19.8. The number of unbranched alkanes of at least 4 members (excludes halogenated alkanes) is 28. The second kappa shape index (κ2) is 36.2. The Bertz CT molecular complexity index is 498. The maximum absolute atomic E-state index is 11.9. The van der Waals surface area contributed by atoms with Crippen molar-refractivity contribution in [1.82, 2.24) is 0 Å². The Balaban J connectivity index is 3.17. The summed E-state index contributed by atoms with van der Waals surface area (Å²) in [7, 11) is 0. The van der Waals surface area contributed by atoms with E-state index in [0.29, 0.717) is 13.0 Å². The zero-order valence-corrected chi connectivity index (χ0v) is 27.8. The molecule has 238 valence electrons. The maximum Gasteiger partial charge on any atom is 0.305 e. The van der Waals surface area contributed by atoms with Gasteiger partial charge >= 0.3 is 5.97 Å². The van der Waals surface area contributed by atoms with Crippen LogP contribution in [0.1, 0.15) is 219 Å². The fourth-order valence-electron chi connectivity index (χ4n) is 5.60. The predicted octanol–water partition coefficient (Wildman–Crippen LogP) is 13.6. The Kier molecular flexibility index (Phi) is 35.5. The van der Waals surface area contributed by atoms with E-state index in [-0.39, 0.29) is 5.97 Å². The summed E-state index contributed by atoms with van der Waals surface area (Å²) in [5.74, 6) is 0.0244. The van der Waals surface area contributed by atoms with Crippen LogP contribution in [-0.2, 0) is 9.53 Å². The van der Waals surface area contributed by atoms with Gasteiger partial charge in [-0.3, -0.25) is 4.79 Å². The summed E-state index contributed by atoms with van der Waals surface area (Å²) in [5.41, 5.74) is 0. The molecule has 0 fully saturated rings. The first kappa shape index (κ1) is 39.2. The Hall–Kier alpha value is -0.790. The Morgan fingerprint density at radius 3 is 1.07 bits per heavy atom. The normalized spacial score (nSPS) is 11.6. The molecule has 0 aromatic rings. The molecule has 2 nitrogen and oxygen atoms in total. The van der Waals surface area contributed by atoms with Crippen molar-refractivity contribution in [3.63, 3.8) is 0 Å². The SMILES string of the molecule is CCCCCCCC/C=C\CCCCCCCCCCCCCC(=O)OCCCCCCCCCCCCCC. The zero-order valence-electron chi connectivity index (χ0n) is 27.8. The van der Waals surface area contributed by atoms with E-state index in [2.05, 4.69) is 26.0 Å². The molecule has 0 aliphatic rings. The molecular formula is C38H74O2. The molecule has 0 aliphatic carbocycles. The number of carbonyl (C=O) groups excluding carboxylic acids is 1. The molecule has 0 saturated carbocycles. The van der Waals surface area contributed by atoms with E-state index in [0.717, 1.165) is 12.8 Å². The molecule has 0 spiro atoms. The van der Waals surface area contributed by atoms with Gasteiger partial charge in [-0.2, -0.15) is 0 Å². The summed E-state index contributed by atoms with van der Waals surface area (Å²) in [4.78, 5) is 11.9. The monoisotopic (exact) mass is 563 g/mol. The quantitative estimate of drug-likeness (QED) is 0.0443. The van der Waals surface area contributed by atoms with E-state index in [1.807, 2.05) is 0 Å². The highest BCUT2D eigenvalue weighted by Gasteiger charge is 2.02. The third-order valence-corrected chi connectivity index (χ3v) is 8.40. The van der Waals surface area contributed by atoms with Crippen molar-refractivity contribution in [2.75, 3.05) is 6.61 Å². The number of esters is 1. The van der Waals surface area contributed by atoms with Gasteiger partial charge in [-0.1, -0.05) is 187 Å². The third-order valence-electron chi connectivity index (χ3n) is 8.40. The Morgan fingerprint density at radius 2 is 0.700 bits per heavy atom. The van der Waals surface area contributed by atoms with Gasteiger partial charge in [-0.05, 0) is 38.5 Å². The Labute approximate surface area is 253 Å². The summed E-state index contributed by atoms with van der Waals surface area (Å²) >= 11 is 0. The van der Waals surface area contributed by atoms with Gasteiger partial charge in [0, 0.05) is 6.42 Å². The van der Waals surface area contributed by atoms with E-state index in [1.54, 1.807) is 0 Å². The lowest BCUT2D eigenvalue weighted by Gasteiger charge is -2.06. The van der Waals surface area contributed by atoms with Crippen molar-refractivity contribution in [2.45, 2.75) is 219 Å². The van der Waals surface area contributed by atoms with Gasteiger partial charge in [0.05, 0.1) is 6.61 Å². The van der Waals surface area contributed by atoms with Gasteiger partial charge in [0.25, 0.3) is 0 Å². The zero-order chi connectivity index (χ0) is 29.0. The minimum Gasteiger partial charge on any atom is -0.466 e. The first-order valence-electron chi connectivity index (χ1n) is 18.6. The van der Waals surface area contributed by atoms with Crippen molar-refractivity contribution in [1.29, 1.82) is 0 Å². The molecule has 0 unspecified atom stereocenters. The second-order valence-corrected chi connectivity index (χ2v) is 12.6. The van der Waals surface area contributed by atoms with Crippen molar-refractivity contribution in [2.24, 2.45) is 0 Å². The third kappa shape index (κ3) is 35.2. The van der Waals surface area contributed by atoms with E-state index >= 15 is 0 Å². The van der Waals surface area contributed by atoms with Gasteiger partial charge in [-0.15, -0.1) is 0 Å². The summed E-state index contributed by atoms with van der Waals surface area (Å²) in [6.45, 7) is 5.20. The van der Waals surface area contributed by atoms with Gasteiger partial charge in [0.2, 0.25) is 0 Å². The largest absolute Gasteiger partial charge is 0.466 e. The molecule has 0 heterocycles. The van der Waals surface area contributed by atoms with Crippen LogP contribution >= 0.6 is 0 Å². The summed E-state index contributed by atoms with van der Waals surface area (Å²) in [5, 5.41) is 0. The van der Waals surface area contributed by atoms with Crippen LogP contribution in [0.25, 0.3) is 0 Å². The van der Waals surface area contributed by atoms with Crippen molar-refractivity contribution < 1.29 is 9.53 Å². The van der Waals surface area contributed by atoms with Gasteiger partial charge in [0.1, 0.15) is 0 Å². The molecule has 0 radical (unpaired) electrons. The predicted molar refractivity (Wildman–Crippen MR) is 179 cm³/mol. The highest BCUT2D eigenvalue weighted by Crippen LogP contribution is 2.14. The minimum atomic E-state index is 0.0244. The van der Waals surface area contributed by atoms with Gasteiger partial charge in [0.15, 0.2) is 0 Å². The molecule has 40 heavy (non-hydrogen) atoms. The number of ether oxygens (including phenoxy) is 1. The molecule has 0 bridgehead atoms. The average Bonchev–Trinajstić information content (AvgIpc) is 2.96. The highest BCUT2D eigenvalue weighted by atomic mass is 16.5. The van der Waals surface area contributed by atoms with Crippen LogP contribution < -0.4 is 0 Å². The summed E-state index contributed by atoms with van der Waals surface area (Å²) in [6.07, 6.45) is 47.1. The average molecular weight is 563 g/mol. The van der Waals surface area contributed by atoms with E-state index in [1.165, 1.54) is 186 Å². The molecular weight excluding hydrogens is 488 g/mol. The van der Waals surface area contributed by atoms with Crippen LogP contribution in [0.15, 0.2) is 12.2 Å². The lowest BCUT2D eigenvalue weighted by atomic mass is 10.0. The molecule has 2 heteroatoms. The second-order valence-electron chi connectivity index (χ2n) is 12.6. The van der Waals surface area contributed by atoms with Crippen LogP contribution in [0, 0.1) is 0 Å². The van der Waals surface area contributed by atoms with Crippen LogP contribution in [0.4, 0.5) is 0 Å². The molecule has 0 N–H and O–H groups in total. The smallest absolute Gasteiger partial charge is 0.305 e. The van der Waals surface area contributed by atoms with Crippen molar-refractivity contribution >= 4 is 5.97 Å². The molecule has 0 atom stereocenters. The van der Waals surface area contributed by atoms with Crippen LogP contribution in [-0.4, -0.2) is 12.6 Å². The molecule has 0 aromatic heterocycles. The number of hydrogen-bond acceptors (Lipinski definition) is 2. The molecule has 0 amide bonds. The van der Waals surface area contributed by atoms with Crippen LogP contribution in [0.3, 0.4) is 0 Å². The number of allylic oxidation sites excluding steroid dienone is 2. The minimum absolute atomic E-state index is 0.0244. The number of hydrogen-bond donors (Lipinski definition) is 0. The molecule has 0 saturated heterocycles. The van der Waals surface area contributed by atoms with Crippen molar-refractivity contribution in [3.8, 4) is 0 Å². The van der Waals surface area contributed by atoms with E-state index in [9.17, 15) is 4.79 Å². The van der Waals surface area contributed by atoms with E-state index in [4.69, 9.17) is 4.74 Å². The maximum atomic E-state index is 11.9. The highest BCUT2D eigenvalue weighted by molar-refractivity contribution is 5.69. The lowest BCUT2D eigenvalue weighted by Crippen LogP contribution is -2.05. The number of rotatable bonds is 34. The molecule has 0 aromatic carbocycles. The lowest BCUT2D eigenvalue weighted by molar-refractivity contribution is -0.143. The molecule has 0 rings (SSSR count). The fourth-order valence-corrected chi connectivity index (χ4v) is 5.60. The standard InChI is InChI=1S/C38H74O2/c1-3-5-7-9-11-13-15-17-18-19-20-21-22-23-24-25-26-28-30-32-34-36-38(39)40-37-35-33-31-29-27-16-14-12-10-8-6-4-2/h17-18H,3-16,19-37H2,1-2H3/b18-17-. The van der Waals surface area contributed by atoms with Crippen LogP contribution in [0.5, 0.6) is 0 Å². The van der Waals surface area contributed by atoms with Gasteiger partial charge in [-0.25, -0.2) is 0 Å². The Morgan fingerprint density at radius 1 is 0.400 bits per heavy atom. The van der Waals surface area contributed by atoms with Crippen LogP contribution in [0.2, 0.25) is 0 Å².